The third kappa shape index (κ3) is 4.76. The van der Waals surface area contributed by atoms with Crippen molar-refractivity contribution >= 4 is 23.5 Å². The molecule has 0 spiro atoms. The van der Waals surface area contributed by atoms with Crippen LogP contribution in [0.3, 0.4) is 0 Å². The average molecular weight is 452 g/mol. The Bertz CT molecular complexity index is 1190. The summed E-state index contributed by atoms with van der Waals surface area (Å²) >= 11 is 0. The zero-order chi connectivity index (χ0) is 23.4. The van der Waals surface area contributed by atoms with Crippen LogP contribution in [0.1, 0.15) is 29.1 Å². The molecule has 2 heterocycles. The number of anilines is 1. The number of nitrogens with one attached hydrogen (secondary N) is 1. The number of amides is 2. The molecule has 1 aliphatic heterocycles. The second kappa shape index (κ2) is 9.39. The Morgan fingerprint density at radius 1 is 1.09 bits per heavy atom. The number of hydrogen-bond acceptors (Lipinski definition) is 9. The number of rotatable bonds is 7. The molecule has 1 N–H and O–H groups in total. The number of benzene rings is 2. The highest BCUT2D eigenvalue weighted by atomic mass is 16.6. The first-order valence-electron chi connectivity index (χ1n) is 9.93. The molecule has 0 saturated carbocycles. The molecule has 0 atom stereocenters. The van der Waals surface area contributed by atoms with Crippen LogP contribution in [0, 0.1) is 0 Å². The molecule has 11 nitrogen and oxygen atoms in total. The lowest BCUT2D eigenvalue weighted by molar-refractivity contribution is -0.130. The summed E-state index contributed by atoms with van der Waals surface area (Å²) in [7, 11) is 3.06. The number of ether oxygens (including phenoxy) is 3. The maximum absolute atomic E-state index is 12.4. The summed E-state index contributed by atoms with van der Waals surface area (Å²) in [6, 6.07) is 11.2. The van der Waals surface area contributed by atoms with Crippen molar-refractivity contribution in [1.82, 2.24) is 15.6 Å². The second-order valence-electron chi connectivity index (χ2n) is 6.97. The van der Waals surface area contributed by atoms with Gasteiger partial charge < -0.3 is 18.7 Å². The lowest BCUT2D eigenvalue weighted by Gasteiger charge is -2.27. The van der Waals surface area contributed by atoms with E-state index in [9.17, 15) is 14.4 Å². The monoisotopic (exact) mass is 452 g/mol. The summed E-state index contributed by atoms with van der Waals surface area (Å²) in [6.07, 6.45) is 0.284. The fraction of sp³-hybridized carbons (Fsp3) is 0.227. The van der Waals surface area contributed by atoms with Gasteiger partial charge in [0.25, 0.3) is 5.89 Å². The van der Waals surface area contributed by atoms with E-state index in [0.717, 1.165) is 5.01 Å². The first kappa shape index (κ1) is 21.8. The largest absolute Gasteiger partial charge is 0.497 e. The van der Waals surface area contributed by atoms with Gasteiger partial charge in [-0.1, -0.05) is 5.16 Å². The normalized spacial score (nSPS) is 13.5. The quantitative estimate of drug-likeness (QED) is 0.536. The molecule has 1 aliphatic rings. The van der Waals surface area contributed by atoms with Gasteiger partial charge in [0.15, 0.2) is 6.61 Å². The van der Waals surface area contributed by atoms with Crippen molar-refractivity contribution in [3.63, 3.8) is 0 Å². The van der Waals surface area contributed by atoms with Gasteiger partial charge in [0.05, 0.1) is 31.0 Å². The van der Waals surface area contributed by atoms with Crippen molar-refractivity contribution < 1.29 is 33.1 Å². The minimum Gasteiger partial charge on any atom is -0.497 e. The van der Waals surface area contributed by atoms with Gasteiger partial charge in [-0.3, -0.25) is 15.0 Å². The Morgan fingerprint density at radius 2 is 1.88 bits per heavy atom. The van der Waals surface area contributed by atoms with Crippen molar-refractivity contribution in [2.24, 2.45) is 0 Å². The summed E-state index contributed by atoms with van der Waals surface area (Å²) < 4.78 is 20.9. The van der Waals surface area contributed by atoms with Gasteiger partial charge >= 0.3 is 5.97 Å². The van der Waals surface area contributed by atoms with E-state index >= 15 is 0 Å². The van der Waals surface area contributed by atoms with E-state index in [1.165, 1.54) is 19.2 Å². The zero-order valence-electron chi connectivity index (χ0n) is 17.9. The number of nitrogens with zero attached hydrogens (tertiary/aromatic N) is 3. The van der Waals surface area contributed by atoms with Crippen molar-refractivity contribution in [2.75, 3.05) is 19.2 Å². The Labute approximate surface area is 188 Å². The number of carbonyl (C=O) groups is 3. The molecule has 3 aromatic rings. The summed E-state index contributed by atoms with van der Waals surface area (Å²) in [5.41, 5.74) is 3.79. The summed E-state index contributed by atoms with van der Waals surface area (Å²) in [5, 5.41) is 5.07. The first-order valence-corrected chi connectivity index (χ1v) is 9.93. The summed E-state index contributed by atoms with van der Waals surface area (Å²) in [6.45, 7) is -0.229. The van der Waals surface area contributed by atoms with Gasteiger partial charge in [0, 0.05) is 18.9 Å². The third-order valence-corrected chi connectivity index (χ3v) is 4.86. The number of hydrazine groups is 1. The van der Waals surface area contributed by atoms with E-state index in [1.807, 2.05) is 0 Å². The number of carbonyl (C=O) groups excluding carboxylic acids is 3. The van der Waals surface area contributed by atoms with E-state index in [1.54, 1.807) is 37.4 Å². The van der Waals surface area contributed by atoms with Crippen LogP contribution in [0.15, 0.2) is 47.0 Å². The molecule has 2 amide bonds. The summed E-state index contributed by atoms with van der Waals surface area (Å²) in [5.74, 6) is 0.410. The van der Waals surface area contributed by atoms with Gasteiger partial charge in [-0.25, -0.2) is 9.80 Å². The molecule has 2 aromatic carbocycles. The molecule has 1 fully saturated rings. The van der Waals surface area contributed by atoms with E-state index in [2.05, 4.69) is 15.6 Å². The number of esters is 1. The Morgan fingerprint density at radius 3 is 2.61 bits per heavy atom. The van der Waals surface area contributed by atoms with Gasteiger partial charge in [-0.2, -0.15) is 4.98 Å². The molecule has 170 valence electrons. The minimum atomic E-state index is -0.614. The predicted molar refractivity (Wildman–Crippen MR) is 113 cm³/mol. The van der Waals surface area contributed by atoms with Gasteiger partial charge in [-0.05, 0) is 36.4 Å². The SMILES string of the molecule is COc1ccc(-c2noc(COC(=O)c3ccc(N4NC(=O)CCC4=O)cc3)n2)c(OC)c1. The maximum Gasteiger partial charge on any atom is 0.338 e. The Kier molecular flexibility index (Phi) is 6.20. The molecule has 0 bridgehead atoms. The zero-order valence-corrected chi connectivity index (χ0v) is 17.9. The maximum atomic E-state index is 12.4. The van der Waals surface area contributed by atoms with Crippen LogP contribution < -0.4 is 19.9 Å². The van der Waals surface area contributed by atoms with Crippen molar-refractivity contribution in [2.45, 2.75) is 19.4 Å². The van der Waals surface area contributed by atoms with Crippen LogP contribution in [0.25, 0.3) is 11.4 Å². The van der Waals surface area contributed by atoms with Gasteiger partial charge in [0.2, 0.25) is 17.6 Å². The Balaban J connectivity index is 1.39. The smallest absolute Gasteiger partial charge is 0.338 e. The first-order chi connectivity index (χ1) is 16.0. The van der Waals surface area contributed by atoms with E-state index in [4.69, 9.17) is 18.7 Å². The molecule has 11 heteroatoms. The highest BCUT2D eigenvalue weighted by molar-refractivity contribution is 6.01. The fourth-order valence-corrected chi connectivity index (χ4v) is 3.15. The molecule has 0 unspecified atom stereocenters. The standard InChI is InChI=1S/C22H20N4O7/c1-30-15-7-8-16(17(11-15)31-2)21-23-19(33-25-21)12-32-22(29)13-3-5-14(6-4-13)26-20(28)10-9-18(27)24-26/h3-8,11H,9-10,12H2,1-2H3,(H,24,27). The average Bonchev–Trinajstić information content (AvgIpc) is 3.32. The second-order valence-corrected chi connectivity index (χ2v) is 6.97. The number of methoxy groups -OCH3 is 2. The minimum absolute atomic E-state index is 0.106. The number of aromatic nitrogens is 2. The van der Waals surface area contributed by atoms with E-state index in [0.29, 0.717) is 22.7 Å². The van der Waals surface area contributed by atoms with Crippen LogP contribution in [-0.4, -0.2) is 42.1 Å². The highest BCUT2D eigenvalue weighted by Crippen LogP contribution is 2.31. The lowest BCUT2D eigenvalue weighted by Crippen LogP contribution is -2.50. The molecule has 0 radical (unpaired) electrons. The third-order valence-electron chi connectivity index (χ3n) is 4.86. The van der Waals surface area contributed by atoms with Crippen LogP contribution in [0.4, 0.5) is 5.69 Å². The molecule has 1 aromatic heterocycles. The molecule has 0 aliphatic carbocycles. The van der Waals surface area contributed by atoms with Crippen LogP contribution in [-0.2, 0) is 20.9 Å². The predicted octanol–water partition coefficient (Wildman–Crippen LogP) is 2.27. The van der Waals surface area contributed by atoms with Crippen LogP contribution >= 0.6 is 0 Å². The lowest BCUT2D eigenvalue weighted by atomic mass is 10.2. The Hall–Kier alpha value is -4.41. The van der Waals surface area contributed by atoms with Crippen molar-refractivity contribution in [3.05, 3.63) is 53.9 Å². The van der Waals surface area contributed by atoms with E-state index < -0.39 is 5.97 Å². The molecule has 1 saturated heterocycles. The van der Waals surface area contributed by atoms with Crippen LogP contribution in [0.5, 0.6) is 11.5 Å². The van der Waals surface area contributed by atoms with Crippen LogP contribution in [0.2, 0.25) is 0 Å². The van der Waals surface area contributed by atoms with Crippen molar-refractivity contribution in [1.29, 1.82) is 0 Å². The highest BCUT2D eigenvalue weighted by Gasteiger charge is 2.24. The molecule has 4 rings (SSSR count). The molecular weight excluding hydrogens is 432 g/mol. The summed E-state index contributed by atoms with van der Waals surface area (Å²) in [4.78, 5) is 40.1. The number of hydrogen-bond donors (Lipinski definition) is 1. The fourth-order valence-electron chi connectivity index (χ4n) is 3.15. The van der Waals surface area contributed by atoms with Crippen molar-refractivity contribution in [3.8, 4) is 22.9 Å². The topological polar surface area (TPSA) is 133 Å². The van der Waals surface area contributed by atoms with Gasteiger partial charge in [0.1, 0.15) is 11.5 Å². The van der Waals surface area contributed by atoms with E-state index in [-0.39, 0.29) is 48.5 Å². The molecule has 33 heavy (non-hydrogen) atoms. The molecular formula is C22H20N4O7. The van der Waals surface area contributed by atoms with Gasteiger partial charge in [-0.15, -0.1) is 0 Å².